The molecule has 3 rings (SSSR count). The SMILES string of the molecule is O=C(CNC(=O)NC1CCCCC1)NCCCn1ccc2ccccc21. The Labute approximate surface area is 154 Å². The van der Waals surface area contributed by atoms with Crippen molar-refractivity contribution in [2.75, 3.05) is 13.1 Å². The topological polar surface area (TPSA) is 75.2 Å². The molecule has 0 saturated heterocycles. The van der Waals surface area contributed by atoms with Gasteiger partial charge in [0.1, 0.15) is 0 Å². The van der Waals surface area contributed by atoms with Crippen LogP contribution < -0.4 is 16.0 Å². The maximum absolute atomic E-state index is 11.9. The molecule has 0 bridgehead atoms. The molecule has 0 radical (unpaired) electrons. The number of nitrogens with zero attached hydrogens (tertiary/aromatic N) is 1. The molecular weight excluding hydrogens is 328 g/mol. The van der Waals surface area contributed by atoms with Crippen LogP contribution in [0.5, 0.6) is 0 Å². The second-order valence-electron chi connectivity index (χ2n) is 6.93. The molecule has 1 aromatic heterocycles. The van der Waals surface area contributed by atoms with Gasteiger partial charge in [0.15, 0.2) is 0 Å². The van der Waals surface area contributed by atoms with Crippen LogP contribution >= 0.6 is 0 Å². The Morgan fingerprint density at radius 1 is 1.04 bits per heavy atom. The van der Waals surface area contributed by atoms with Crippen LogP contribution in [0.15, 0.2) is 36.5 Å². The van der Waals surface area contributed by atoms with Crippen molar-refractivity contribution in [1.29, 1.82) is 0 Å². The number of hydrogen-bond acceptors (Lipinski definition) is 2. The van der Waals surface area contributed by atoms with Gasteiger partial charge in [-0.05, 0) is 36.8 Å². The fourth-order valence-electron chi connectivity index (χ4n) is 3.52. The van der Waals surface area contributed by atoms with Gasteiger partial charge in [-0.25, -0.2) is 4.79 Å². The molecule has 6 nitrogen and oxygen atoms in total. The van der Waals surface area contributed by atoms with E-state index < -0.39 is 0 Å². The first-order valence-electron chi connectivity index (χ1n) is 9.57. The van der Waals surface area contributed by atoms with E-state index in [1.165, 1.54) is 30.2 Å². The molecule has 0 spiro atoms. The van der Waals surface area contributed by atoms with Gasteiger partial charge in [-0.15, -0.1) is 0 Å². The third-order valence-corrected chi connectivity index (χ3v) is 4.93. The van der Waals surface area contributed by atoms with Crippen molar-refractivity contribution in [2.45, 2.75) is 51.1 Å². The van der Waals surface area contributed by atoms with Gasteiger partial charge in [0.2, 0.25) is 5.91 Å². The molecule has 3 N–H and O–H groups in total. The van der Waals surface area contributed by atoms with E-state index in [-0.39, 0.29) is 24.5 Å². The van der Waals surface area contributed by atoms with Crippen LogP contribution in [0.2, 0.25) is 0 Å². The summed E-state index contributed by atoms with van der Waals surface area (Å²) in [6, 6.07) is 10.4. The molecule has 1 fully saturated rings. The number of rotatable bonds is 7. The minimum atomic E-state index is -0.245. The molecule has 1 heterocycles. The maximum Gasteiger partial charge on any atom is 0.315 e. The minimum Gasteiger partial charge on any atom is -0.355 e. The summed E-state index contributed by atoms with van der Waals surface area (Å²) >= 11 is 0. The molecular formula is C20H28N4O2. The predicted molar refractivity (Wildman–Crippen MR) is 103 cm³/mol. The first kappa shape index (κ1) is 18.3. The lowest BCUT2D eigenvalue weighted by Gasteiger charge is -2.22. The minimum absolute atomic E-state index is 0.0189. The van der Waals surface area contributed by atoms with Gasteiger partial charge >= 0.3 is 6.03 Å². The fourth-order valence-corrected chi connectivity index (χ4v) is 3.52. The van der Waals surface area contributed by atoms with E-state index in [4.69, 9.17) is 0 Å². The molecule has 1 aliphatic carbocycles. The Hall–Kier alpha value is -2.50. The molecule has 140 valence electrons. The number of hydrogen-bond donors (Lipinski definition) is 3. The molecule has 0 unspecified atom stereocenters. The van der Waals surface area contributed by atoms with E-state index in [0.717, 1.165) is 25.8 Å². The second-order valence-corrected chi connectivity index (χ2v) is 6.93. The van der Waals surface area contributed by atoms with Crippen LogP contribution in [0.3, 0.4) is 0 Å². The van der Waals surface area contributed by atoms with E-state index in [0.29, 0.717) is 6.54 Å². The lowest BCUT2D eigenvalue weighted by atomic mass is 9.96. The first-order valence-corrected chi connectivity index (χ1v) is 9.57. The molecule has 1 aromatic carbocycles. The van der Waals surface area contributed by atoms with Gasteiger partial charge in [0, 0.05) is 30.8 Å². The Balaban J connectivity index is 1.29. The average molecular weight is 356 g/mol. The number of para-hydroxylation sites is 1. The summed E-state index contributed by atoms with van der Waals surface area (Å²) in [5.41, 5.74) is 1.21. The molecule has 26 heavy (non-hydrogen) atoms. The summed E-state index contributed by atoms with van der Waals surface area (Å²) in [6.07, 6.45) is 8.58. The van der Waals surface area contributed by atoms with Crippen molar-refractivity contribution in [3.8, 4) is 0 Å². The van der Waals surface area contributed by atoms with Crippen LogP contribution in [0.1, 0.15) is 38.5 Å². The van der Waals surface area contributed by atoms with Crippen LogP contribution in [0, 0.1) is 0 Å². The zero-order valence-electron chi connectivity index (χ0n) is 15.2. The molecule has 6 heteroatoms. The Morgan fingerprint density at radius 3 is 2.69 bits per heavy atom. The maximum atomic E-state index is 11.9. The molecule has 1 saturated carbocycles. The lowest BCUT2D eigenvalue weighted by Crippen LogP contribution is -2.46. The van der Waals surface area contributed by atoms with Crippen LogP contribution in [0.4, 0.5) is 4.79 Å². The van der Waals surface area contributed by atoms with Crippen molar-refractivity contribution < 1.29 is 9.59 Å². The molecule has 0 atom stereocenters. The summed E-state index contributed by atoms with van der Waals surface area (Å²) in [5, 5.41) is 9.67. The van der Waals surface area contributed by atoms with E-state index in [9.17, 15) is 9.59 Å². The summed E-state index contributed by atoms with van der Waals surface area (Å²) in [6.45, 7) is 1.46. The van der Waals surface area contributed by atoms with E-state index in [1.54, 1.807) is 0 Å². The van der Waals surface area contributed by atoms with Crippen LogP contribution in [-0.2, 0) is 11.3 Å². The van der Waals surface area contributed by atoms with Crippen molar-refractivity contribution in [1.82, 2.24) is 20.5 Å². The number of amides is 3. The highest BCUT2D eigenvalue weighted by Crippen LogP contribution is 2.17. The Bertz CT molecular complexity index is 734. The van der Waals surface area contributed by atoms with Gasteiger partial charge < -0.3 is 20.5 Å². The summed E-state index contributed by atoms with van der Waals surface area (Å²) in [4.78, 5) is 23.7. The zero-order valence-corrected chi connectivity index (χ0v) is 15.2. The number of fused-ring (bicyclic) bond motifs is 1. The summed E-state index contributed by atoms with van der Waals surface area (Å²) < 4.78 is 2.19. The number of carbonyl (C=O) groups excluding carboxylic acids is 2. The first-order chi connectivity index (χ1) is 12.7. The van der Waals surface area contributed by atoms with Crippen molar-refractivity contribution in [3.05, 3.63) is 36.5 Å². The second kappa shape index (κ2) is 9.27. The highest BCUT2D eigenvalue weighted by Gasteiger charge is 2.15. The quantitative estimate of drug-likeness (QED) is 0.667. The van der Waals surface area contributed by atoms with Gasteiger partial charge in [-0.3, -0.25) is 4.79 Å². The zero-order chi connectivity index (χ0) is 18.2. The predicted octanol–water partition coefficient (Wildman–Crippen LogP) is 2.78. The average Bonchev–Trinajstić information content (AvgIpc) is 3.08. The number of benzene rings is 1. The van der Waals surface area contributed by atoms with E-state index in [1.807, 2.05) is 12.1 Å². The van der Waals surface area contributed by atoms with Gasteiger partial charge in [0.05, 0.1) is 6.54 Å². The van der Waals surface area contributed by atoms with Gasteiger partial charge in [-0.1, -0.05) is 37.5 Å². The van der Waals surface area contributed by atoms with Gasteiger partial charge in [-0.2, -0.15) is 0 Å². The third kappa shape index (κ3) is 5.25. The highest BCUT2D eigenvalue weighted by molar-refractivity contribution is 5.84. The normalized spacial score (nSPS) is 14.9. The smallest absolute Gasteiger partial charge is 0.315 e. The van der Waals surface area contributed by atoms with Crippen LogP contribution in [-0.4, -0.2) is 35.6 Å². The highest BCUT2D eigenvalue weighted by atomic mass is 16.2. The Morgan fingerprint density at radius 2 is 1.85 bits per heavy atom. The number of urea groups is 1. The van der Waals surface area contributed by atoms with Crippen LogP contribution in [0.25, 0.3) is 10.9 Å². The lowest BCUT2D eigenvalue weighted by molar-refractivity contribution is -0.120. The van der Waals surface area contributed by atoms with Gasteiger partial charge in [0.25, 0.3) is 0 Å². The third-order valence-electron chi connectivity index (χ3n) is 4.93. The number of carbonyl (C=O) groups is 2. The monoisotopic (exact) mass is 356 g/mol. The number of aromatic nitrogens is 1. The molecule has 3 amide bonds. The largest absolute Gasteiger partial charge is 0.355 e. The molecule has 2 aromatic rings. The van der Waals surface area contributed by atoms with Crippen molar-refractivity contribution >= 4 is 22.8 Å². The number of aryl methyl sites for hydroxylation is 1. The Kier molecular flexibility index (Phi) is 6.52. The van der Waals surface area contributed by atoms with Crippen molar-refractivity contribution in [3.63, 3.8) is 0 Å². The van der Waals surface area contributed by atoms with Crippen molar-refractivity contribution in [2.24, 2.45) is 0 Å². The summed E-state index contributed by atoms with van der Waals surface area (Å²) in [7, 11) is 0. The molecule has 1 aliphatic rings. The van der Waals surface area contributed by atoms with E-state index >= 15 is 0 Å². The standard InChI is InChI=1S/C20H28N4O2/c25-19(15-22-20(26)23-17-8-2-1-3-9-17)21-12-6-13-24-14-11-16-7-4-5-10-18(16)24/h4-5,7,10-11,14,17H,1-3,6,8-9,12-13,15H2,(H,21,25)(H2,22,23,26). The molecule has 0 aliphatic heterocycles. The summed E-state index contributed by atoms with van der Waals surface area (Å²) in [5.74, 6) is -0.152. The fraction of sp³-hybridized carbons (Fsp3) is 0.500. The number of nitrogens with one attached hydrogen (secondary N) is 3. The van der Waals surface area contributed by atoms with E-state index in [2.05, 4.69) is 44.9 Å².